The number of carbonyl (C=O) groups is 1. The molecule has 0 unspecified atom stereocenters. The predicted molar refractivity (Wildman–Crippen MR) is 106 cm³/mol. The first kappa shape index (κ1) is 24.9. The molecule has 1 N–H and O–H groups in total. The monoisotopic (exact) mass is 618 g/mol. The minimum atomic E-state index is -3.17. The maximum Gasteiger partial charge on any atom is 0.354 e. The number of nitrogens with zero attached hydrogens (tertiary/aromatic N) is 4. The van der Waals surface area contributed by atoms with Crippen molar-refractivity contribution >= 4 is 5.97 Å². The Kier molecular flexibility index (Phi) is 8.40. The van der Waals surface area contributed by atoms with Crippen molar-refractivity contribution in [3.63, 3.8) is 0 Å². The molecule has 10 heteroatoms. The first-order valence-corrected chi connectivity index (χ1v) is 8.98. The van der Waals surface area contributed by atoms with Crippen molar-refractivity contribution in [2.75, 3.05) is 0 Å². The van der Waals surface area contributed by atoms with Crippen molar-refractivity contribution in [3.8, 4) is 17.1 Å². The Labute approximate surface area is 195 Å². The second-order valence-corrected chi connectivity index (χ2v) is 6.35. The number of carboxylic acids is 1. The van der Waals surface area contributed by atoms with E-state index in [-0.39, 0.29) is 31.6 Å². The number of aromatic nitrogens is 4. The Morgan fingerprint density at radius 3 is 2.22 bits per heavy atom. The molecule has 1 radical (unpaired) electrons. The molecule has 4 rings (SSSR count). The zero-order valence-corrected chi connectivity index (χ0v) is 18.9. The van der Waals surface area contributed by atoms with E-state index in [0.29, 0.717) is 11.3 Å². The van der Waals surface area contributed by atoms with Gasteiger partial charge in [-0.3, -0.25) is 4.39 Å². The van der Waals surface area contributed by atoms with Crippen LogP contribution in [0.25, 0.3) is 17.1 Å². The fourth-order valence-corrected chi connectivity index (χ4v) is 2.60. The zero-order chi connectivity index (χ0) is 22.4. The number of rotatable bonds is 4. The van der Waals surface area contributed by atoms with Crippen LogP contribution in [-0.4, -0.2) is 30.8 Å². The standard InChI is InChI=1S/C16H11F3N3.C6H5NO2.Ir/c1-16(18,19)15-21-20-14(11-7-9-12(17)10-8-11)22(15)13-5-3-2-4-6-13;8-6(9)5-3-1-2-4-7-5;/h2-7,9-10H,1H3;1-4H,(H,8,9);/q-1;;. The molecule has 0 spiro atoms. The summed E-state index contributed by atoms with van der Waals surface area (Å²) in [5.74, 6) is -4.92. The molecule has 32 heavy (non-hydrogen) atoms. The van der Waals surface area contributed by atoms with Crippen molar-refractivity contribution in [2.24, 2.45) is 0 Å². The van der Waals surface area contributed by atoms with Crippen molar-refractivity contribution < 1.29 is 43.2 Å². The van der Waals surface area contributed by atoms with Gasteiger partial charge in [0, 0.05) is 44.7 Å². The second kappa shape index (κ2) is 10.8. The average molecular weight is 618 g/mol. The van der Waals surface area contributed by atoms with E-state index < -0.39 is 23.5 Å². The van der Waals surface area contributed by atoms with Gasteiger partial charge < -0.3 is 9.67 Å². The molecule has 6 nitrogen and oxygen atoms in total. The molecule has 0 atom stereocenters. The van der Waals surface area contributed by atoms with Crippen LogP contribution in [0.15, 0.2) is 72.9 Å². The number of halogens is 3. The van der Waals surface area contributed by atoms with E-state index in [1.54, 1.807) is 42.5 Å². The number of hydrogen-bond donors (Lipinski definition) is 1. The molecule has 0 bridgehead atoms. The van der Waals surface area contributed by atoms with Crippen LogP contribution in [0.1, 0.15) is 23.2 Å². The molecule has 0 amide bonds. The maximum atomic E-state index is 13.8. The molecule has 4 aromatic rings. The summed E-state index contributed by atoms with van der Waals surface area (Å²) < 4.78 is 41.9. The van der Waals surface area contributed by atoms with E-state index in [9.17, 15) is 18.0 Å². The minimum absolute atomic E-state index is 0. The maximum absolute atomic E-state index is 13.8. The third-order valence-electron chi connectivity index (χ3n) is 3.97. The zero-order valence-electron chi connectivity index (χ0n) is 16.5. The molecule has 0 saturated carbocycles. The number of benzene rings is 2. The Morgan fingerprint density at radius 2 is 1.72 bits per heavy atom. The van der Waals surface area contributed by atoms with E-state index in [0.717, 1.165) is 13.0 Å². The van der Waals surface area contributed by atoms with E-state index in [4.69, 9.17) is 5.11 Å². The van der Waals surface area contributed by atoms with Crippen LogP contribution >= 0.6 is 0 Å². The summed E-state index contributed by atoms with van der Waals surface area (Å²) >= 11 is 0. The molecule has 167 valence electrons. The van der Waals surface area contributed by atoms with Crippen molar-refractivity contribution in [3.05, 3.63) is 96.3 Å². The van der Waals surface area contributed by atoms with Gasteiger partial charge in [0.25, 0.3) is 0 Å². The van der Waals surface area contributed by atoms with Crippen LogP contribution in [-0.2, 0) is 26.0 Å². The van der Waals surface area contributed by atoms with E-state index >= 15 is 0 Å². The average Bonchev–Trinajstić information content (AvgIpc) is 3.22. The molecular weight excluding hydrogens is 601 g/mol. The normalized spacial score (nSPS) is 10.5. The summed E-state index contributed by atoms with van der Waals surface area (Å²) in [6, 6.07) is 19.8. The number of pyridine rings is 1. The third kappa shape index (κ3) is 6.09. The van der Waals surface area contributed by atoms with Crippen LogP contribution in [0.2, 0.25) is 0 Å². The Hall–Kier alpha value is -3.36. The second-order valence-electron chi connectivity index (χ2n) is 6.35. The molecular formula is C22H16F3IrN4O2-. The minimum Gasteiger partial charge on any atom is -0.477 e. The molecule has 0 aliphatic heterocycles. The molecule has 2 heterocycles. The van der Waals surface area contributed by atoms with E-state index in [1.807, 2.05) is 0 Å². The largest absolute Gasteiger partial charge is 0.477 e. The summed E-state index contributed by atoms with van der Waals surface area (Å²) in [5, 5.41) is 15.8. The van der Waals surface area contributed by atoms with Crippen molar-refractivity contribution in [2.45, 2.75) is 12.8 Å². The Morgan fingerprint density at radius 1 is 1.03 bits per heavy atom. The Bertz CT molecular complexity index is 1150. The fourth-order valence-electron chi connectivity index (χ4n) is 2.60. The third-order valence-corrected chi connectivity index (χ3v) is 3.97. The van der Waals surface area contributed by atoms with Crippen LogP contribution in [0, 0.1) is 11.9 Å². The molecule has 2 aromatic carbocycles. The number of aromatic carboxylic acids is 1. The van der Waals surface area contributed by atoms with Gasteiger partial charge in [-0.1, -0.05) is 24.3 Å². The summed E-state index contributed by atoms with van der Waals surface area (Å²) in [7, 11) is 0. The molecule has 0 aliphatic rings. The van der Waals surface area contributed by atoms with Crippen molar-refractivity contribution in [1.29, 1.82) is 0 Å². The van der Waals surface area contributed by atoms with Gasteiger partial charge in [0.2, 0.25) is 0 Å². The van der Waals surface area contributed by atoms with Gasteiger partial charge >= 0.3 is 11.9 Å². The van der Waals surface area contributed by atoms with Crippen LogP contribution in [0.3, 0.4) is 0 Å². The SMILES string of the molecule is CC(F)(F)c1nnc(-c2[c-]cc(F)cc2)n1-c1ccccc1.O=C(O)c1ccccn1.[Ir]. The molecule has 0 fully saturated rings. The molecule has 2 aromatic heterocycles. The van der Waals surface area contributed by atoms with Gasteiger partial charge in [0.15, 0.2) is 5.82 Å². The Balaban J connectivity index is 0.000000307. The van der Waals surface area contributed by atoms with Crippen molar-refractivity contribution in [1.82, 2.24) is 19.7 Å². The summed E-state index contributed by atoms with van der Waals surface area (Å²) in [5.41, 5.74) is 0.961. The van der Waals surface area contributed by atoms with E-state index in [1.165, 1.54) is 29.0 Å². The summed E-state index contributed by atoms with van der Waals surface area (Å²) in [6.07, 6.45) is 1.45. The van der Waals surface area contributed by atoms with Gasteiger partial charge in [-0.05, 0) is 24.3 Å². The molecule has 0 aliphatic carbocycles. The molecule has 0 saturated heterocycles. The van der Waals surface area contributed by atoms with Gasteiger partial charge in [-0.2, -0.15) is 13.9 Å². The predicted octanol–water partition coefficient (Wildman–Crippen LogP) is 4.76. The van der Waals surface area contributed by atoms with Crippen LogP contribution in [0.5, 0.6) is 0 Å². The van der Waals surface area contributed by atoms with Crippen LogP contribution < -0.4 is 0 Å². The van der Waals surface area contributed by atoms with Gasteiger partial charge in [0.1, 0.15) is 5.69 Å². The summed E-state index contributed by atoms with van der Waals surface area (Å²) in [4.78, 5) is 13.7. The smallest absolute Gasteiger partial charge is 0.354 e. The number of carboxylic acid groups (broad SMARTS) is 1. The van der Waals surface area contributed by atoms with Gasteiger partial charge in [-0.25, -0.2) is 9.78 Å². The quantitative estimate of drug-likeness (QED) is 0.334. The van der Waals surface area contributed by atoms with E-state index in [2.05, 4.69) is 21.2 Å². The summed E-state index contributed by atoms with van der Waals surface area (Å²) in [6.45, 7) is 0.759. The van der Waals surface area contributed by atoms with Gasteiger partial charge in [0.05, 0.1) is 5.82 Å². The van der Waals surface area contributed by atoms with Gasteiger partial charge in [-0.15, -0.1) is 34.9 Å². The number of alkyl halides is 2. The number of hydrogen-bond acceptors (Lipinski definition) is 4. The topological polar surface area (TPSA) is 80.9 Å². The first-order valence-electron chi connectivity index (χ1n) is 8.98. The first-order chi connectivity index (χ1) is 14.8. The fraction of sp³-hybridized carbons (Fsp3) is 0.0909. The van der Waals surface area contributed by atoms with Crippen LogP contribution in [0.4, 0.5) is 13.2 Å². The number of para-hydroxylation sites is 1.